The van der Waals surface area contributed by atoms with E-state index < -0.39 is 107 Å². The van der Waals surface area contributed by atoms with Gasteiger partial charge in [-0.3, -0.25) is 48.6 Å². The summed E-state index contributed by atoms with van der Waals surface area (Å²) in [5, 5.41) is 60.6. The van der Waals surface area contributed by atoms with E-state index in [9.17, 15) is 68.4 Å². The van der Waals surface area contributed by atoms with Gasteiger partial charge in [0.15, 0.2) is 17.0 Å². The second-order valence-electron chi connectivity index (χ2n) is 29.6. The molecule has 0 aliphatic carbocycles. The molecule has 11 N–H and O–H groups in total. The summed E-state index contributed by atoms with van der Waals surface area (Å²) in [5.41, 5.74) is 8.81. The highest BCUT2D eigenvalue weighted by molar-refractivity contribution is 7.25. The number of anilines is 4. The molecule has 6 aromatic rings. The topological polar surface area (TPSA) is 394 Å². The van der Waals surface area contributed by atoms with Crippen molar-refractivity contribution in [2.45, 2.75) is 169 Å². The molecule has 0 saturated carbocycles. The number of aliphatic hydroxyl groups excluding tert-OH is 3. The summed E-state index contributed by atoms with van der Waals surface area (Å²) >= 11 is 1.21. The molecular weight excluding hydrogens is 1430 g/mol. The van der Waals surface area contributed by atoms with Crippen LogP contribution in [-0.4, -0.2) is 153 Å². The van der Waals surface area contributed by atoms with Gasteiger partial charge in [-0.25, -0.2) is 14.6 Å². The predicted molar refractivity (Wildman–Crippen MR) is 418 cm³/mol. The predicted octanol–water partition coefficient (Wildman–Crippen LogP) is 10.6. The number of benzene rings is 5. The van der Waals surface area contributed by atoms with Crippen LogP contribution in [-0.2, 0) is 49.6 Å². The minimum atomic E-state index is -2.05. The maximum absolute atomic E-state index is 15.0. The Kier molecular flexibility index (Phi) is 26.9. The molecule has 11 atom stereocenters. The third kappa shape index (κ3) is 18.9. The van der Waals surface area contributed by atoms with Crippen LogP contribution in [0.3, 0.4) is 0 Å². The zero-order valence-electron chi connectivity index (χ0n) is 63.6. The molecule has 0 spiro atoms. The number of nitrogens with zero attached hydrogens (tertiary/aromatic N) is 3. The van der Waals surface area contributed by atoms with Crippen molar-refractivity contribution in [3.8, 4) is 11.5 Å². The van der Waals surface area contributed by atoms with Crippen molar-refractivity contribution in [2.75, 3.05) is 54.1 Å². The summed E-state index contributed by atoms with van der Waals surface area (Å²) in [6, 6.07) is 18.4. The van der Waals surface area contributed by atoms with E-state index in [0.717, 1.165) is 29.0 Å². The molecule has 4 aliphatic heterocycles. The first-order valence-corrected chi connectivity index (χ1v) is 38.2. The van der Waals surface area contributed by atoms with E-state index in [1.807, 2.05) is 42.5 Å². The van der Waals surface area contributed by atoms with Crippen molar-refractivity contribution in [3.63, 3.8) is 0 Å². The average Bonchev–Trinajstić information content (AvgIpc) is 1.44. The molecule has 1 saturated heterocycles. The van der Waals surface area contributed by atoms with Crippen LogP contribution in [0, 0.1) is 42.4 Å². The van der Waals surface area contributed by atoms with Gasteiger partial charge in [0.25, 0.3) is 23.5 Å². The number of aromatic hydroxyl groups is 1. The van der Waals surface area contributed by atoms with E-state index >= 15 is 0 Å². The lowest BCUT2D eigenvalue weighted by Gasteiger charge is -2.36. The van der Waals surface area contributed by atoms with Gasteiger partial charge in [-0.2, -0.15) is 0 Å². The van der Waals surface area contributed by atoms with E-state index in [4.69, 9.17) is 29.7 Å². The molecule has 4 aliphatic rings. The number of carbonyl (C=O) groups excluding carboxylic acids is 9. The Morgan fingerprint density at radius 1 is 0.818 bits per heavy atom. The number of phenols is 1. The molecule has 110 heavy (non-hydrogen) atoms. The number of aromatic nitrogens is 1. The molecular formula is C82H99N9O18S. The third-order valence-electron chi connectivity index (χ3n) is 21.5. The van der Waals surface area contributed by atoms with Crippen molar-refractivity contribution in [2.24, 2.45) is 41.2 Å². The minimum Gasteiger partial charge on any atom is -0.505 e. The van der Waals surface area contributed by atoms with Crippen LogP contribution in [0.4, 0.5) is 32.3 Å². The highest BCUT2D eigenvalue weighted by Gasteiger charge is 2.50. The molecule has 8 amide bonds. The van der Waals surface area contributed by atoms with Gasteiger partial charge < -0.3 is 71.3 Å². The lowest BCUT2D eigenvalue weighted by molar-refractivity contribution is -0.137. The first-order valence-electron chi connectivity index (χ1n) is 37.4. The zero-order valence-corrected chi connectivity index (χ0v) is 64.4. The monoisotopic (exact) mass is 1530 g/mol. The van der Waals surface area contributed by atoms with Gasteiger partial charge in [-0.05, 0) is 124 Å². The highest BCUT2D eigenvalue weighted by Crippen LogP contribution is 2.50. The van der Waals surface area contributed by atoms with Gasteiger partial charge in [0.2, 0.25) is 11.8 Å². The van der Waals surface area contributed by atoms with Crippen molar-refractivity contribution in [1.29, 1.82) is 0 Å². The summed E-state index contributed by atoms with van der Waals surface area (Å²) < 4.78 is 24.7. The fourth-order valence-electron chi connectivity index (χ4n) is 14.6. The fraction of sp³-hybridized carbons (Fsp3) is 0.451. The number of hydrogen-bond donors (Lipinski definition) is 10. The van der Waals surface area contributed by atoms with Gasteiger partial charge >= 0.3 is 17.9 Å². The molecule has 10 rings (SSSR count). The fourth-order valence-corrected chi connectivity index (χ4v) is 15.8. The number of methoxy groups -OCH3 is 1. The lowest BCUT2D eigenvalue weighted by atomic mass is 9.78. The number of Topliss-reactive ketones (excluding diaryl/α,β-unsaturated/α-hetero) is 2. The van der Waals surface area contributed by atoms with Crippen molar-refractivity contribution >= 4 is 119 Å². The highest BCUT2D eigenvalue weighted by atomic mass is 32.1. The number of nitrogens with one attached hydrogen (secondary N) is 5. The number of hydrogen-bond acceptors (Lipinski definition) is 21. The minimum absolute atomic E-state index is 0.00232. The molecule has 1 aromatic heterocycles. The van der Waals surface area contributed by atoms with Crippen LogP contribution in [0.15, 0.2) is 120 Å². The molecule has 28 heteroatoms. The summed E-state index contributed by atoms with van der Waals surface area (Å²) in [7, 11) is 1.44. The first kappa shape index (κ1) is 82.1. The Balaban J connectivity index is 0.780. The second kappa shape index (κ2) is 36.0. The number of unbranched alkanes of at least 4 members (excludes halogenated alkanes) is 2. The number of fused-ring (bicyclic) bond motifs is 2. The van der Waals surface area contributed by atoms with E-state index in [-0.39, 0.29) is 123 Å². The van der Waals surface area contributed by atoms with Crippen LogP contribution < -0.4 is 47.4 Å². The van der Waals surface area contributed by atoms with Crippen molar-refractivity contribution in [1.82, 2.24) is 20.5 Å². The van der Waals surface area contributed by atoms with Gasteiger partial charge in [-0.15, -0.1) is 11.3 Å². The normalized spacial score (nSPS) is 23.7. The van der Waals surface area contributed by atoms with E-state index in [2.05, 4.69) is 31.5 Å². The quantitative estimate of drug-likeness (QED) is 0.00936. The Hall–Kier alpha value is -10.4. The zero-order chi connectivity index (χ0) is 79.6. The van der Waals surface area contributed by atoms with Crippen molar-refractivity contribution in [3.05, 3.63) is 147 Å². The molecule has 586 valence electrons. The Morgan fingerprint density at radius 2 is 1.48 bits per heavy atom. The molecule has 4 bridgehead atoms. The number of ether oxygens (including phenoxy) is 4. The lowest BCUT2D eigenvalue weighted by Crippen LogP contribution is -2.45. The third-order valence-corrected chi connectivity index (χ3v) is 22.6. The number of carbonyl (C=O) groups is 9. The van der Waals surface area contributed by atoms with E-state index in [1.54, 1.807) is 84.9 Å². The molecule has 5 heterocycles. The maximum Gasteiger partial charge on any atom is 0.411 e. The summed E-state index contributed by atoms with van der Waals surface area (Å²) in [4.78, 5) is 141. The number of piperidine rings is 1. The number of aliphatic hydroxyl groups is 3. The first-order chi connectivity index (χ1) is 52.4. The number of primary amides is 1. The van der Waals surface area contributed by atoms with Crippen LogP contribution in [0.1, 0.15) is 146 Å². The number of urea groups is 1. The molecule has 27 nitrogen and oxygen atoms in total. The van der Waals surface area contributed by atoms with Crippen LogP contribution >= 0.6 is 11.3 Å². The number of imide groups is 1. The van der Waals surface area contributed by atoms with Crippen molar-refractivity contribution < 1.29 is 82.5 Å². The SMILES string of the molecule is CO[C@H]1/C=C/O[C@@]2(C)Oc3c(C)c(=O)c4c(O)c(c5sc6cc(N7CCC(c8ccc(NC(=O)OCc9ccc(NC(=O)[C@H](CCCNC(N)=O)CC(=O)[C@@H](NC(=O)CCCCCN%10C(=O)C=CC%10=O)C(C)C)cc9)cc8)CC7)ccc6nc5c4c3C2=O)NC(=O)/C(C)=C\C=C\[C@H](C)[C@H](O)[C@@H](C)[C@@H](O)[C@@H](C)[C@H](O)[C@@H]1C. The number of allylic oxidation sites excluding steroid dienone is 2. The number of nitrogens with two attached hydrogens (primary N) is 1. The second-order valence-corrected chi connectivity index (χ2v) is 30.7. The summed E-state index contributed by atoms with van der Waals surface area (Å²) in [5.74, 6) is -9.37. The van der Waals surface area contributed by atoms with Gasteiger partial charge in [0.05, 0.1) is 68.1 Å². The number of ketones is 2. The van der Waals surface area contributed by atoms with E-state index in [1.165, 1.54) is 62.9 Å². The molecule has 1 fully saturated rings. The average molecular weight is 1530 g/mol. The molecule has 0 unspecified atom stereocenters. The van der Waals surface area contributed by atoms with Gasteiger partial charge in [0.1, 0.15) is 18.0 Å². The Morgan fingerprint density at radius 3 is 2.15 bits per heavy atom. The number of amides is 8. The number of phenolic OH excluding ortho intramolecular Hbond substituents is 1. The molecule has 5 aromatic carbocycles. The van der Waals surface area contributed by atoms with Crippen LogP contribution in [0.5, 0.6) is 11.5 Å². The maximum atomic E-state index is 15.0. The summed E-state index contributed by atoms with van der Waals surface area (Å²) in [6.07, 6.45) is 8.85. The standard InChI is InChI=1S/C82H99N9O18S/c1-43(2)67(88-61(93)19-12-11-13-36-91-62(94)30-31-63(91)95)58(92)40-53(18-15-35-84-80(83)104)79(103)85-54-24-20-50(21-25-54)42-107-81(105)86-55-26-22-51(23-27-55)52-32-37-90(38-33-52)56-28-29-57-60(41-56)110-76-68(87-57)64-65-73(99)49(8)75-66(64)77(101)82(9,109-75)108-39-34-59(106-10)46(5)71(97)48(7)72(98)47(6)70(96)44(3)16-14-17-45(4)78(102)89-69(76)74(65)100/h14,16-17,20-31,34,39,41,43-44,46-48,52-53,59,67,70-72,96-98,100H,11-13,15,18-19,32-33,35-38,40,42H2,1-10H3,(H,85,103)(H,86,105)(H,88,93)(H,89,102)(H3,83,84,104)/b16-14+,39-34+,45-17-/t44-,46+,47+,48-,53+,59-,67-,70-,71+,72+,82-/m0/s1. The van der Waals surface area contributed by atoms with Gasteiger partial charge in [0, 0.05) is 128 Å². The smallest absolute Gasteiger partial charge is 0.411 e. The summed E-state index contributed by atoms with van der Waals surface area (Å²) in [6.45, 7) is 16.6. The van der Waals surface area contributed by atoms with E-state index in [0.29, 0.717) is 65.9 Å². The van der Waals surface area contributed by atoms with Gasteiger partial charge in [-0.1, -0.05) is 90.5 Å². The Labute approximate surface area is 641 Å². The van der Waals surface area contributed by atoms with Crippen LogP contribution in [0.2, 0.25) is 0 Å². The number of rotatable bonds is 23. The Bertz CT molecular complexity index is 4660. The molecule has 0 radical (unpaired) electrons. The largest absolute Gasteiger partial charge is 0.505 e. The van der Waals surface area contributed by atoms with Crippen LogP contribution in [0.25, 0.3) is 31.2 Å².